The quantitative estimate of drug-likeness (QED) is 0.0953. The number of aliphatic hydroxyl groups excluding tert-OH is 1. The molecule has 1 aromatic carbocycles. The molecule has 0 saturated heterocycles. The summed E-state index contributed by atoms with van der Waals surface area (Å²) in [7, 11) is 1.67. The van der Waals surface area contributed by atoms with Crippen molar-refractivity contribution >= 4 is 30.7 Å². The minimum absolute atomic E-state index is 0.0202. The fraction of sp³-hybridized carbons (Fsp3) is 0.441. The summed E-state index contributed by atoms with van der Waals surface area (Å²) in [6.45, 7) is 12.3. The van der Waals surface area contributed by atoms with E-state index in [4.69, 9.17) is 28.9 Å². The Morgan fingerprint density at radius 2 is 1.86 bits per heavy atom. The first-order chi connectivity index (χ1) is 23.4. The molecule has 5 aromatic rings. The van der Waals surface area contributed by atoms with Crippen molar-refractivity contribution < 1.29 is 28.4 Å². The molecule has 0 aliphatic rings. The van der Waals surface area contributed by atoms with Crippen molar-refractivity contribution in [3.8, 4) is 22.8 Å². The Kier molecular flexibility index (Phi) is 11.6. The highest BCUT2D eigenvalue weighted by Gasteiger charge is 2.23. The second kappa shape index (κ2) is 15.8. The van der Waals surface area contributed by atoms with Gasteiger partial charge in [0.2, 0.25) is 0 Å². The molecular formula is C34H45FN8O5Si. The lowest BCUT2D eigenvalue weighted by atomic mass is 10.2. The van der Waals surface area contributed by atoms with Crippen LogP contribution >= 0.6 is 0 Å². The van der Waals surface area contributed by atoms with Crippen molar-refractivity contribution in [2.75, 3.05) is 32.3 Å². The van der Waals surface area contributed by atoms with E-state index in [2.05, 4.69) is 34.7 Å². The second-order valence-electron chi connectivity index (χ2n) is 13.2. The predicted molar refractivity (Wildman–Crippen MR) is 187 cm³/mol. The van der Waals surface area contributed by atoms with Crippen LogP contribution in [0.15, 0.2) is 55.2 Å². The van der Waals surface area contributed by atoms with Crippen LogP contribution in [-0.4, -0.2) is 87.1 Å². The Labute approximate surface area is 286 Å². The van der Waals surface area contributed by atoms with Gasteiger partial charge in [-0.15, -0.1) is 0 Å². The van der Waals surface area contributed by atoms with Crippen molar-refractivity contribution in [3.05, 3.63) is 66.9 Å². The number of aliphatic hydroxyl groups is 1. The summed E-state index contributed by atoms with van der Waals surface area (Å²) < 4.78 is 41.9. The monoisotopic (exact) mass is 692 g/mol. The topological polar surface area (TPSA) is 135 Å². The molecule has 0 aliphatic heterocycles. The number of hydrogen-bond acceptors (Lipinski definition) is 11. The number of hydrogen-bond donors (Lipinski definition) is 1. The number of ether oxygens (including phenoxy) is 4. The fourth-order valence-electron chi connectivity index (χ4n) is 4.95. The summed E-state index contributed by atoms with van der Waals surface area (Å²) in [5, 5.41) is 14.7. The maximum absolute atomic E-state index is 16.0. The maximum atomic E-state index is 16.0. The number of imidazole rings is 1. The van der Waals surface area contributed by atoms with Gasteiger partial charge in [-0.25, -0.2) is 19.3 Å². The van der Waals surface area contributed by atoms with Crippen molar-refractivity contribution in [2.45, 2.75) is 71.6 Å². The number of halogens is 1. The predicted octanol–water partition coefficient (Wildman–Crippen LogP) is 5.68. The van der Waals surface area contributed by atoms with E-state index in [0.717, 1.165) is 6.04 Å². The largest absolute Gasteiger partial charge is 0.497 e. The van der Waals surface area contributed by atoms with Gasteiger partial charge >= 0.3 is 0 Å². The molecule has 1 atom stereocenters. The molecule has 0 spiro atoms. The minimum Gasteiger partial charge on any atom is -0.497 e. The van der Waals surface area contributed by atoms with Gasteiger partial charge in [-0.3, -0.25) is 9.67 Å². The van der Waals surface area contributed by atoms with Crippen molar-refractivity contribution in [3.63, 3.8) is 0 Å². The third kappa shape index (κ3) is 9.38. The lowest BCUT2D eigenvalue weighted by molar-refractivity contribution is -0.00201. The van der Waals surface area contributed by atoms with E-state index in [1.165, 1.54) is 20.3 Å². The zero-order valence-corrected chi connectivity index (χ0v) is 30.1. The minimum atomic E-state index is -1.25. The zero-order valence-electron chi connectivity index (χ0n) is 29.1. The highest BCUT2D eigenvalue weighted by atomic mass is 28.3. The van der Waals surface area contributed by atoms with Gasteiger partial charge in [0.25, 0.3) is 0 Å². The van der Waals surface area contributed by atoms with E-state index in [1.54, 1.807) is 52.6 Å². The normalized spacial score (nSPS) is 12.5. The molecule has 15 heteroatoms. The molecule has 49 heavy (non-hydrogen) atoms. The van der Waals surface area contributed by atoms with E-state index >= 15 is 4.39 Å². The Morgan fingerprint density at radius 1 is 1.04 bits per heavy atom. The fourth-order valence-corrected chi connectivity index (χ4v) is 5.70. The molecule has 5 rings (SSSR count). The van der Waals surface area contributed by atoms with Crippen LogP contribution in [0.25, 0.3) is 22.4 Å². The smallest absolute Gasteiger partial charge is 0.188 e. The van der Waals surface area contributed by atoms with E-state index in [-0.39, 0.29) is 37.2 Å². The first kappa shape index (κ1) is 35.9. The molecular weight excluding hydrogens is 648 g/mol. The van der Waals surface area contributed by atoms with Crippen LogP contribution in [0.2, 0.25) is 25.7 Å². The number of benzene rings is 1. The van der Waals surface area contributed by atoms with Crippen LogP contribution in [-0.2, 0) is 29.3 Å². The van der Waals surface area contributed by atoms with Gasteiger partial charge in [0, 0.05) is 51.0 Å². The summed E-state index contributed by atoms with van der Waals surface area (Å²) in [5.74, 6) is 0.911. The average Bonchev–Trinajstić information content (AvgIpc) is 3.73. The molecule has 0 saturated carbocycles. The molecule has 0 aliphatic carbocycles. The standard InChI is InChI=1S/C34H45FN8O5Si/c1-23(2)48-21-25(44)19-42-18-24(16-38-42)28-17-37-27-8-9-31(40-34(27)39-28)43(29-14-26(45-3)15-30(46-4)33(29)35)20-32-36-10-11-41(32)22-47-12-13-49(5,6)7/h8-11,14-18,23,25,44H,12-13,19-22H2,1-7H3. The lowest BCUT2D eigenvalue weighted by Gasteiger charge is -2.26. The van der Waals surface area contributed by atoms with E-state index < -0.39 is 20.0 Å². The first-order valence-electron chi connectivity index (χ1n) is 16.2. The molecule has 1 unspecified atom stereocenters. The molecule has 0 amide bonds. The number of anilines is 2. The summed E-state index contributed by atoms with van der Waals surface area (Å²) in [4.78, 5) is 20.5. The van der Waals surface area contributed by atoms with Gasteiger partial charge in [0.05, 0.1) is 69.9 Å². The van der Waals surface area contributed by atoms with Crippen LogP contribution in [0.5, 0.6) is 11.5 Å². The maximum Gasteiger partial charge on any atom is 0.188 e. The van der Waals surface area contributed by atoms with Crippen molar-refractivity contribution in [2.24, 2.45) is 0 Å². The average molecular weight is 693 g/mol. The van der Waals surface area contributed by atoms with E-state index in [9.17, 15) is 5.11 Å². The molecule has 0 radical (unpaired) electrons. The van der Waals surface area contributed by atoms with Gasteiger partial charge in [-0.1, -0.05) is 19.6 Å². The Morgan fingerprint density at radius 3 is 2.59 bits per heavy atom. The Bertz CT molecular complexity index is 1840. The molecule has 0 fully saturated rings. The van der Waals surface area contributed by atoms with Crippen LogP contribution in [0.1, 0.15) is 19.7 Å². The highest BCUT2D eigenvalue weighted by Crippen LogP contribution is 2.37. The Balaban J connectivity index is 1.47. The number of pyridine rings is 1. The number of fused-ring (bicyclic) bond motifs is 1. The van der Waals surface area contributed by atoms with Crippen molar-refractivity contribution in [1.29, 1.82) is 0 Å². The molecule has 262 valence electrons. The second-order valence-corrected chi connectivity index (χ2v) is 18.8. The number of nitrogens with zero attached hydrogens (tertiary/aromatic N) is 8. The van der Waals surface area contributed by atoms with Crippen LogP contribution in [0.4, 0.5) is 15.9 Å². The summed E-state index contributed by atoms with van der Waals surface area (Å²) in [5.41, 5.74) is 2.34. The lowest BCUT2D eigenvalue weighted by Crippen LogP contribution is -2.24. The van der Waals surface area contributed by atoms with E-state index in [1.807, 2.05) is 24.6 Å². The summed E-state index contributed by atoms with van der Waals surface area (Å²) in [6, 6.07) is 7.68. The molecule has 4 aromatic heterocycles. The number of methoxy groups -OCH3 is 2. The van der Waals surface area contributed by atoms with Gasteiger partial charge in [0.15, 0.2) is 17.2 Å². The summed E-state index contributed by atoms with van der Waals surface area (Å²) in [6.07, 6.45) is 7.93. The Hall–Kier alpha value is -4.44. The van der Waals surface area contributed by atoms with Crippen LogP contribution in [0.3, 0.4) is 0 Å². The number of aromatic nitrogens is 7. The van der Waals surface area contributed by atoms with Gasteiger partial charge < -0.3 is 33.5 Å². The number of rotatable bonds is 17. The van der Waals surface area contributed by atoms with Gasteiger partial charge in [-0.05, 0) is 32.0 Å². The third-order valence-electron chi connectivity index (χ3n) is 7.69. The third-order valence-corrected chi connectivity index (χ3v) is 9.39. The van der Waals surface area contributed by atoms with Crippen molar-refractivity contribution in [1.82, 2.24) is 34.3 Å². The SMILES string of the molecule is COc1cc(OC)c(F)c(N(Cc2nccn2COCC[Si](C)(C)C)c2ccc3ncc(-c4cnn(CC(O)COC(C)C)c4)nc3n2)c1. The zero-order chi connectivity index (χ0) is 35.1. The van der Waals surface area contributed by atoms with Crippen LogP contribution in [0, 0.1) is 5.82 Å². The van der Waals surface area contributed by atoms with Crippen LogP contribution < -0.4 is 14.4 Å². The highest BCUT2D eigenvalue weighted by molar-refractivity contribution is 6.76. The van der Waals surface area contributed by atoms with Gasteiger partial charge in [0.1, 0.15) is 29.6 Å². The molecule has 13 nitrogen and oxygen atoms in total. The molecule has 1 N–H and O–H groups in total. The summed E-state index contributed by atoms with van der Waals surface area (Å²) >= 11 is 0. The first-order valence-corrected chi connectivity index (χ1v) is 19.9. The van der Waals surface area contributed by atoms with Gasteiger partial charge in [-0.2, -0.15) is 5.10 Å². The van der Waals surface area contributed by atoms with E-state index in [0.29, 0.717) is 53.2 Å². The molecule has 0 bridgehead atoms. The molecule has 4 heterocycles.